The molecule has 1 amide bonds. The Morgan fingerprint density at radius 3 is 2.66 bits per heavy atom. The molecule has 2 aromatic heterocycles. The Morgan fingerprint density at radius 1 is 1.25 bits per heavy atom. The lowest BCUT2D eigenvalue weighted by Gasteiger charge is -2.34. The van der Waals surface area contributed by atoms with Crippen LogP contribution in [0.25, 0.3) is 0 Å². The number of rotatable bonds is 5. The van der Waals surface area contributed by atoms with Crippen LogP contribution in [0.4, 0.5) is 23.4 Å². The molecular formula is C22H21F4N5O. The summed E-state index contributed by atoms with van der Waals surface area (Å²) in [7, 11) is 0. The summed E-state index contributed by atoms with van der Waals surface area (Å²) in [5.41, 5.74) is 1.73. The Labute approximate surface area is 181 Å². The van der Waals surface area contributed by atoms with Crippen LogP contribution in [0.5, 0.6) is 0 Å². The number of nitrogens with one attached hydrogen (secondary N) is 2. The van der Waals surface area contributed by atoms with E-state index in [-0.39, 0.29) is 30.0 Å². The number of pyridine rings is 1. The number of anilines is 1. The van der Waals surface area contributed by atoms with Crippen LogP contribution in [-0.4, -0.2) is 26.8 Å². The van der Waals surface area contributed by atoms with Crippen LogP contribution in [0.2, 0.25) is 0 Å². The highest BCUT2D eigenvalue weighted by atomic mass is 19.4. The quantitative estimate of drug-likeness (QED) is 0.562. The third-order valence-corrected chi connectivity index (χ3v) is 5.52. The van der Waals surface area contributed by atoms with Crippen molar-refractivity contribution in [2.75, 3.05) is 5.32 Å². The van der Waals surface area contributed by atoms with Crippen LogP contribution in [0.3, 0.4) is 0 Å². The molecule has 4 rings (SSSR count). The number of hydrogen-bond donors (Lipinski definition) is 2. The third-order valence-electron chi connectivity index (χ3n) is 5.52. The first kappa shape index (κ1) is 21.8. The number of amides is 1. The van der Waals surface area contributed by atoms with E-state index in [1.54, 1.807) is 12.1 Å². The molecule has 0 aliphatic carbocycles. The standard InChI is InChI=1S/C22H21F4N5O/c1-2-13-5-7-14(8-6-13)17-10-19(22(24,25)26)31-20(30-17)15(11-29-31)21(32)28-12-18-16(23)4-3-9-27-18/h3-9,11,17,19,30H,2,10,12H2,1H3,(H,28,32)/t17-,19+/m1/s1. The van der Waals surface area contributed by atoms with E-state index in [4.69, 9.17) is 0 Å². The number of hydrogen-bond acceptors (Lipinski definition) is 4. The molecule has 0 spiro atoms. The first-order valence-electron chi connectivity index (χ1n) is 10.1. The lowest BCUT2D eigenvalue weighted by molar-refractivity contribution is -0.173. The fraction of sp³-hybridized carbons (Fsp3) is 0.318. The summed E-state index contributed by atoms with van der Waals surface area (Å²) in [6.45, 7) is 1.79. The highest BCUT2D eigenvalue weighted by Gasteiger charge is 2.47. The van der Waals surface area contributed by atoms with Crippen molar-refractivity contribution in [2.45, 2.75) is 44.6 Å². The molecule has 32 heavy (non-hydrogen) atoms. The number of halogens is 4. The molecule has 1 aliphatic rings. The van der Waals surface area contributed by atoms with Gasteiger partial charge in [0.1, 0.15) is 17.2 Å². The van der Waals surface area contributed by atoms with E-state index in [0.29, 0.717) is 5.56 Å². The second kappa shape index (κ2) is 8.60. The largest absolute Gasteiger partial charge is 0.410 e. The Hall–Kier alpha value is -3.43. The van der Waals surface area contributed by atoms with Gasteiger partial charge in [0.05, 0.1) is 24.5 Å². The van der Waals surface area contributed by atoms with E-state index in [0.717, 1.165) is 22.9 Å². The van der Waals surface area contributed by atoms with Crippen LogP contribution in [0, 0.1) is 5.82 Å². The van der Waals surface area contributed by atoms with Gasteiger partial charge in [0.15, 0.2) is 6.04 Å². The van der Waals surface area contributed by atoms with Crippen molar-refractivity contribution in [3.8, 4) is 0 Å². The molecule has 0 saturated carbocycles. The maximum Gasteiger partial charge on any atom is 0.410 e. The van der Waals surface area contributed by atoms with E-state index in [2.05, 4.69) is 20.7 Å². The number of aryl methyl sites for hydroxylation is 1. The zero-order valence-corrected chi connectivity index (χ0v) is 17.2. The van der Waals surface area contributed by atoms with Gasteiger partial charge >= 0.3 is 6.18 Å². The lowest BCUT2D eigenvalue weighted by atomic mass is 9.95. The van der Waals surface area contributed by atoms with Gasteiger partial charge in [-0.2, -0.15) is 18.3 Å². The average molecular weight is 447 g/mol. The summed E-state index contributed by atoms with van der Waals surface area (Å²) in [6.07, 6.45) is -1.51. The van der Waals surface area contributed by atoms with Crippen LogP contribution in [0.15, 0.2) is 48.8 Å². The Kier molecular flexibility index (Phi) is 5.86. The summed E-state index contributed by atoms with van der Waals surface area (Å²) < 4.78 is 56.0. The topological polar surface area (TPSA) is 71.8 Å². The second-order valence-corrected chi connectivity index (χ2v) is 7.55. The Balaban J connectivity index is 1.61. The second-order valence-electron chi connectivity index (χ2n) is 7.55. The molecule has 0 bridgehead atoms. The van der Waals surface area contributed by atoms with Crippen molar-refractivity contribution < 1.29 is 22.4 Å². The minimum atomic E-state index is -4.55. The summed E-state index contributed by atoms with van der Waals surface area (Å²) in [6, 6.07) is 7.42. The summed E-state index contributed by atoms with van der Waals surface area (Å²) >= 11 is 0. The van der Waals surface area contributed by atoms with Crippen molar-refractivity contribution in [1.29, 1.82) is 0 Å². The molecule has 2 atom stereocenters. The molecule has 0 fully saturated rings. The normalized spacial score (nSPS) is 18.0. The van der Waals surface area contributed by atoms with Crippen molar-refractivity contribution in [3.63, 3.8) is 0 Å². The van der Waals surface area contributed by atoms with Crippen molar-refractivity contribution >= 4 is 11.7 Å². The predicted octanol–water partition coefficient (Wildman–Crippen LogP) is 4.57. The van der Waals surface area contributed by atoms with Crippen molar-refractivity contribution in [1.82, 2.24) is 20.1 Å². The van der Waals surface area contributed by atoms with Gasteiger partial charge in [-0.25, -0.2) is 9.07 Å². The molecule has 168 valence electrons. The van der Waals surface area contributed by atoms with Gasteiger partial charge in [-0.3, -0.25) is 9.78 Å². The van der Waals surface area contributed by atoms with Crippen LogP contribution in [0.1, 0.15) is 52.6 Å². The number of nitrogens with zero attached hydrogens (tertiary/aromatic N) is 3. The number of fused-ring (bicyclic) bond motifs is 1. The first-order valence-corrected chi connectivity index (χ1v) is 10.1. The molecular weight excluding hydrogens is 426 g/mol. The molecule has 1 aromatic carbocycles. The minimum absolute atomic E-state index is 0.0249. The Morgan fingerprint density at radius 2 is 2.00 bits per heavy atom. The molecule has 6 nitrogen and oxygen atoms in total. The van der Waals surface area contributed by atoms with Crippen molar-refractivity contribution in [3.05, 3.63) is 77.0 Å². The van der Waals surface area contributed by atoms with Crippen LogP contribution < -0.4 is 10.6 Å². The van der Waals surface area contributed by atoms with E-state index in [1.165, 1.54) is 18.3 Å². The summed E-state index contributed by atoms with van der Waals surface area (Å²) in [4.78, 5) is 16.6. The van der Waals surface area contributed by atoms with Gasteiger partial charge in [0.25, 0.3) is 5.91 Å². The monoisotopic (exact) mass is 447 g/mol. The minimum Gasteiger partial charge on any atom is -0.363 e. The molecule has 3 aromatic rings. The van der Waals surface area contributed by atoms with Gasteiger partial charge in [-0.15, -0.1) is 0 Å². The molecule has 0 radical (unpaired) electrons. The average Bonchev–Trinajstić information content (AvgIpc) is 3.21. The van der Waals surface area contributed by atoms with Gasteiger partial charge in [0.2, 0.25) is 0 Å². The van der Waals surface area contributed by atoms with Gasteiger partial charge < -0.3 is 10.6 Å². The van der Waals surface area contributed by atoms with Crippen LogP contribution >= 0.6 is 0 Å². The highest BCUT2D eigenvalue weighted by Crippen LogP contribution is 2.44. The fourth-order valence-electron chi connectivity index (χ4n) is 3.74. The smallest absolute Gasteiger partial charge is 0.363 e. The van der Waals surface area contributed by atoms with E-state index in [1.807, 2.05) is 19.1 Å². The van der Waals surface area contributed by atoms with E-state index >= 15 is 0 Å². The van der Waals surface area contributed by atoms with Crippen molar-refractivity contribution in [2.24, 2.45) is 0 Å². The zero-order valence-electron chi connectivity index (χ0n) is 17.2. The van der Waals surface area contributed by atoms with E-state index < -0.39 is 30.0 Å². The van der Waals surface area contributed by atoms with Gasteiger partial charge in [0, 0.05) is 12.6 Å². The van der Waals surface area contributed by atoms with Gasteiger partial charge in [-0.05, 0) is 29.7 Å². The summed E-state index contributed by atoms with van der Waals surface area (Å²) in [5.74, 6) is -1.29. The zero-order chi connectivity index (χ0) is 22.9. The number of carbonyl (C=O) groups is 1. The molecule has 1 aliphatic heterocycles. The lowest BCUT2D eigenvalue weighted by Crippen LogP contribution is -2.36. The number of alkyl halides is 3. The van der Waals surface area contributed by atoms with Crippen LogP contribution in [-0.2, 0) is 13.0 Å². The highest BCUT2D eigenvalue weighted by molar-refractivity contribution is 5.98. The number of benzene rings is 1. The Bertz CT molecular complexity index is 1110. The number of aromatic nitrogens is 3. The maximum absolute atomic E-state index is 13.8. The molecule has 0 unspecified atom stereocenters. The molecule has 2 N–H and O–H groups in total. The maximum atomic E-state index is 13.8. The fourth-order valence-corrected chi connectivity index (χ4v) is 3.74. The van der Waals surface area contributed by atoms with E-state index in [9.17, 15) is 22.4 Å². The predicted molar refractivity (Wildman–Crippen MR) is 109 cm³/mol. The molecule has 0 saturated heterocycles. The third kappa shape index (κ3) is 4.30. The molecule has 10 heteroatoms. The molecule has 3 heterocycles. The van der Waals surface area contributed by atoms with Gasteiger partial charge in [-0.1, -0.05) is 31.2 Å². The number of carbonyl (C=O) groups excluding carboxylic acids is 1. The summed E-state index contributed by atoms with van der Waals surface area (Å²) in [5, 5.41) is 9.38. The first-order chi connectivity index (χ1) is 15.3. The SMILES string of the molecule is CCc1ccc([C@H]2C[C@@H](C(F)(F)F)n3ncc(C(=O)NCc4ncccc4F)c3N2)cc1.